The molecule has 2 heteroatoms. The van der Waals surface area contributed by atoms with Crippen LogP contribution in [0.25, 0.3) is 76.8 Å². The quantitative estimate of drug-likeness (QED) is 0.210. The molecule has 0 unspecified atom stereocenters. The van der Waals surface area contributed by atoms with Gasteiger partial charge in [0.2, 0.25) is 0 Å². The van der Waals surface area contributed by atoms with E-state index in [4.69, 9.17) is 0 Å². The largest absolute Gasteiger partial charge is 0.316 e. The van der Waals surface area contributed by atoms with Crippen LogP contribution < -0.4 is 0 Å². The number of fused-ring (bicyclic) bond motifs is 3. The molecule has 0 N–H and O–H groups in total. The van der Waals surface area contributed by atoms with E-state index >= 15 is 0 Å². The Balaban J connectivity index is 1.29. The fourth-order valence-electron chi connectivity index (χ4n) is 6.63. The van der Waals surface area contributed by atoms with Crippen molar-refractivity contribution >= 4 is 54.3 Å². The lowest BCUT2D eigenvalue weighted by molar-refractivity contribution is 1.13. The predicted octanol–water partition coefficient (Wildman–Crippen LogP) is 10.1. The lowest BCUT2D eigenvalue weighted by Crippen LogP contribution is -1.95. The van der Waals surface area contributed by atoms with Gasteiger partial charge in [-0.15, -0.1) is 0 Å². The van der Waals surface area contributed by atoms with Gasteiger partial charge in [-0.05, 0) is 81.2 Å². The van der Waals surface area contributed by atoms with Crippen LogP contribution in [0.1, 0.15) is 0 Å². The molecular formula is C38H24N2. The fourth-order valence-corrected chi connectivity index (χ4v) is 6.63. The highest BCUT2D eigenvalue weighted by Gasteiger charge is 2.20. The van der Waals surface area contributed by atoms with E-state index in [1.54, 1.807) is 0 Å². The van der Waals surface area contributed by atoms with Crippen molar-refractivity contribution in [3.63, 3.8) is 0 Å². The third-order valence-electron chi connectivity index (χ3n) is 8.49. The van der Waals surface area contributed by atoms with E-state index in [0.29, 0.717) is 0 Å². The minimum atomic E-state index is 1.17. The molecule has 0 bridgehead atoms. The highest BCUT2D eigenvalue weighted by atomic mass is 15.0. The van der Waals surface area contributed by atoms with Crippen LogP contribution in [0.3, 0.4) is 0 Å². The molecule has 0 aliphatic heterocycles. The van der Waals surface area contributed by atoms with Gasteiger partial charge in [0.1, 0.15) is 0 Å². The second-order valence-corrected chi connectivity index (χ2v) is 10.7. The van der Waals surface area contributed by atoms with Crippen LogP contribution in [-0.2, 0) is 0 Å². The van der Waals surface area contributed by atoms with E-state index < -0.39 is 0 Å². The molecule has 0 saturated carbocycles. The summed E-state index contributed by atoms with van der Waals surface area (Å²) in [5.41, 5.74) is 8.51. The summed E-state index contributed by atoms with van der Waals surface area (Å²) in [5, 5.41) is 9.08. The summed E-state index contributed by atoms with van der Waals surface area (Å²) >= 11 is 0. The Morgan fingerprint density at radius 3 is 2.00 bits per heavy atom. The Kier molecular flexibility index (Phi) is 4.36. The van der Waals surface area contributed by atoms with Gasteiger partial charge in [0, 0.05) is 33.7 Å². The molecule has 2 aromatic heterocycles. The first-order chi connectivity index (χ1) is 19.8. The zero-order valence-corrected chi connectivity index (χ0v) is 21.8. The highest BCUT2D eigenvalue weighted by molar-refractivity contribution is 6.29. The molecule has 0 aliphatic carbocycles. The minimum Gasteiger partial charge on any atom is -0.316 e. The molecule has 40 heavy (non-hydrogen) atoms. The summed E-state index contributed by atoms with van der Waals surface area (Å²) in [6, 6.07) is 50.8. The van der Waals surface area contributed by atoms with E-state index in [1.165, 1.54) is 76.8 Å². The second kappa shape index (κ2) is 8.08. The summed E-state index contributed by atoms with van der Waals surface area (Å²) < 4.78 is 4.75. The van der Waals surface area contributed by atoms with Crippen molar-refractivity contribution in [1.29, 1.82) is 0 Å². The van der Waals surface area contributed by atoms with Crippen molar-refractivity contribution in [2.45, 2.75) is 0 Å². The van der Waals surface area contributed by atoms with Crippen molar-refractivity contribution in [2.75, 3.05) is 0 Å². The number of aromatic nitrogens is 2. The van der Waals surface area contributed by atoms with Crippen LogP contribution in [0.4, 0.5) is 0 Å². The number of nitrogens with zero attached hydrogens (tertiary/aromatic N) is 2. The van der Waals surface area contributed by atoms with Crippen molar-refractivity contribution < 1.29 is 0 Å². The summed E-state index contributed by atoms with van der Waals surface area (Å²) in [7, 11) is 0. The summed E-state index contributed by atoms with van der Waals surface area (Å²) in [6.07, 6.45) is 2.20. The summed E-state index contributed by atoms with van der Waals surface area (Å²) in [4.78, 5) is 0. The van der Waals surface area contributed by atoms with E-state index in [-0.39, 0.29) is 0 Å². The van der Waals surface area contributed by atoms with Crippen LogP contribution in [0.2, 0.25) is 0 Å². The Bertz CT molecular complexity index is 2350. The lowest BCUT2D eigenvalue weighted by Gasteiger charge is -2.11. The first kappa shape index (κ1) is 21.6. The normalized spacial score (nSPS) is 12.0. The Hall–Kier alpha value is -5.34. The van der Waals surface area contributed by atoms with Crippen LogP contribution in [0, 0.1) is 0 Å². The smallest absolute Gasteiger partial charge is 0.0568 e. The number of hydrogen-bond acceptors (Lipinski definition) is 0. The van der Waals surface area contributed by atoms with Gasteiger partial charge in [0.15, 0.2) is 0 Å². The molecule has 0 atom stereocenters. The van der Waals surface area contributed by atoms with Gasteiger partial charge in [0.25, 0.3) is 0 Å². The summed E-state index contributed by atoms with van der Waals surface area (Å²) in [5.74, 6) is 0. The zero-order chi connectivity index (χ0) is 26.2. The van der Waals surface area contributed by atoms with Gasteiger partial charge in [-0.1, -0.05) is 91.0 Å². The molecule has 2 nitrogen and oxygen atoms in total. The number of benzene rings is 7. The van der Waals surface area contributed by atoms with Gasteiger partial charge >= 0.3 is 0 Å². The van der Waals surface area contributed by atoms with Crippen molar-refractivity contribution in [3.8, 4) is 22.5 Å². The third kappa shape index (κ3) is 2.99. The molecule has 0 fully saturated rings. The minimum absolute atomic E-state index is 1.17. The molecule has 0 aliphatic rings. The Morgan fingerprint density at radius 1 is 0.375 bits per heavy atom. The van der Waals surface area contributed by atoms with Gasteiger partial charge < -0.3 is 9.13 Å². The molecule has 9 rings (SSSR count). The van der Waals surface area contributed by atoms with E-state index in [0.717, 1.165) is 0 Å². The Labute approximate surface area is 231 Å². The van der Waals surface area contributed by atoms with Crippen molar-refractivity contribution in [3.05, 3.63) is 146 Å². The molecule has 2 heterocycles. The number of hydrogen-bond donors (Lipinski definition) is 0. The van der Waals surface area contributed by atoms with Crippen LogP contribution in [0.5, 0.6) is 0 Å². The topological polar surface area (TPSA) is 9.86 Å². The monoisotopic (exact) mass is 508 g/mol. The van der Waals surface area contributed by atoms with Gasteiger partial charge in [-0.25, -0.2) is 0 Å². The molecule has 0 spiro atoms. The molecule has 0 amide bonds. The van der Waals surface area contributed by atoms with Crippen LogP contribution in [0.15, 0.2) is 146 Å². The van der Waals surface area contributed by atoms with Crippen molar-refractivity contribution in [1.82, 2.24) is 9.13 Å². The maximum absolute atomic E-state index is 2.44. The predicted molar refractivity (Wildman–Crippen MR) is 169 cm³/mol. The standard InChI is InChI=1S/C38H24N2/c1-2-10-30(11-3-1)39-22-21-32-33-20-17-27-9-6-12-34-37(27)38(33)36(24-35(32)39)40(34)31-18-15-26(16-19-31)29-14-13-25-7-4-5-8-28(25)23-29/h1-24H. The first-order valence-electron chi connectivity index (χ1n) is 13.8. The third-order valence-corrected chi connectivity index (χ3v) is 8.49. The van der Waals surface area contributed by atoms with E-state index in [2.05, 4.69) is 155 Å². The van der Waals surface area contributed by atoms with Crippen LogP contribution >= 0.6 is 0 Å². The molecule has 0 radical (unpaired) electrons. The number of para-hydroxylation sites is 1. The summed E-state index contributed by atoms with van der Waals surface area (Å²) in [6.45, 7) is 0. The molecule has 9 aromatic rings. The lowest BCUT2D eigenvalue weighted by atomic mass is 10.00. The average Bonchev–Trinajstić information content (AvgIpc) is 3.60. The second-order valence-electron chi connectivity index (χ2n) is 10.7. The van der Waals surface area contributed by atoms with Gasteiger partial charge in [-0.2, -0.15) is 0 Å². The van der Waals surface area contributed by atoms with E-state index in [1.807, 2.05) is 0 Å². The van der Waals surface area contributed by atoms with Gasteiger partial charge in [-0.3, -0.25) is 0 Å². The number of rotatable bonds is 3. The average molecular weight is 509 g/mol. The van der Waals surface area contributed by atoms with Crippen molar-refractivity contribution in [2.24, 2.45) is 0 Å². The van der Waals surface area contributed by atoms with E-state index in [9.17, 15) is 0 Å². The maximum atomic E-state index is 2.44. The molecular weight excluding hydrogens is 484 g/mol. The zero-order valence-electron chi connectivity index (χ0n) is 21.8. The van der Waals surface area contributed by atoms with Gasteiger partial charge in [0.05, 0.1) is 16.6 Å². The fraction of sp³-hybridized carbons (Fsp3) is 0. The first-order valence-corrected chi connectivity index (χ1v) is 13.8. The highest BCUT2D eigenvalue weighted by Crippen LogP contribution is 2.42. The molecule has 186 valence electrons. The maximum Gasteiger partial charge on any atom is 0.0568 e. The molecule has 7 aromatic carbocycles. The molecule has 0 saturated heterocycles. The Morgan fingerprint density at radius 2 is 1.12 bits per heavy atom. The SMILES string of the molecule is c1ccc(-n2ccc3c4ccc5cccc6c5c4c(cc32)n6-c2ccc(-c3ccc4ccccc4c3)cc2)cc1. The van der Waals surface area contributed by atoms with Crippen LogP contribution in [-0.4, -0.2) is 9.13 Å².